The number of rotatable bonds is 5. The van der Waals surface area contributed by atoms with Gasteiger partial charge >= 0.3 is 0 Å². The fraction of sp³-hybridized carbons (Fsp3) is 0.500. The van der Waals surface area contributed by atoms with Crippen LogP contribution in [0.2, 0.25) is 0 Å². The molecule has 0 aliphatic heterocycles. The summed E-state index contributed by atoms with van der Waals surface area (Å²) >= 11 is 0. The fourth-order valence-electron chi connectivity index (χ4n) is 0.711. The number of halogens is 1. The van der Waals surface area contributed by atoms with Gasteiger partial charge in [-0.2, -0.15) is 0 Å². The summed E-state index contributed by atoms with van der Waals surface area (Å²) in [4.78, 5) is 1.85. The molecule has 0 fully saturated rings. The zero-order chi connectivity index (χ0) is 7.98. The Kier molecular flexibility index (Phi) is 9.42. The van der Waals surface area contributed by atoms with Gasteiger partial charge in [0.15, 0.2) is 0 Å². The van der Waals surface area contributed by atoms with Crippen LogP contribution in [0.1, 0.15) is 6.92 Å². The van der Waals surface area contributed by atoms with E-state index in [2.05, 4.69) is 13.2 Å². The summed E-state index contributed by atoms with van der Waals surface area (Å²) < 4.78 is 0. The van der Waals surface area contributed by atoms with Gasteiger partial charge in [-0.15, -0.1) is 25.6 Å². The zero-order valence-electron chi connectivity index (χ0n) is 6.86. The lowest BCUT2D eigenvalue weighted by molar-refractivity contribution is 0.0359. The second-order valence-corrected chi connectivity index (χ2v) is 2.16. The second kappa shape index (κ2) is 7.79. The molecule has 0 saturated carbocycles. The standard InChI is InChI=1S/C8H15NO.ClH/c1-4-6-9(7-5-2)8(3)10;/h4-5,8,10H,1-2,6-7H2,3H3;1H. The van der Waals surface area contributed by atoms with Crippen LogP contribution in [0.15, 0.2) is 25.3 Å². The first kappa shape index (κ1) is 13.3. The molecule has 0 aliphatic rings. The Morgan fingerprint density at radius 2 is 1.73 bits per heavy atom. The molecule has 0 saturated heterocycles. The Morgan fingerprint density at radius 1 is 1.36 bits per heavy atom. The maximum atomic E-state index is 9.10. The van der Waals surface area contributed by atoms with E-state index >= 15 is 0 Å². The quantitative estimate of drug-likeness (QED) is 0.507. The van der Waals surface area contributed by atoms with Crippen molar-refractivity contribution >= 4 is 12.4 Å². The van der Waals surface area contributed by atoms with Crippen LogP contribution in [-0.4, -0.2) is 29.3 Å². The first-order chi connectivity index (χ1) is 4.72. The van der Waals surface area contributed by atoms with Crippen LogP contribution < -0.4 is 0 Å². The van der Waals surface area contributed by atoms with Crippen molar-refractivity contribution in [2.24, 2.45) is 0 Å². The molecule has 0 aromatic carbocycles. The molecule has 1 atom stereocenters. The van der Waals surface area contributed by atoms with Gasteiger partial charge in [0.05, 0.1) is 0 Å². The lowest BCUT2D eigenvalue weighted by atomic mass is 10.4. The van der Waals surface area contributed by atoms with Crippen LogP contribution in [0.4, 0.5) is 0 Å². The molecule has 0 rings (SSSR count). The first-order valence-electron chi connectivity index (χ1n) is 3.36. The molecule has 0 spiro atoms. The van der Waals surface area contributed by atoms with E-state index in [1.165, 1.54) is 0 Å². The largest absolute Gasteiger partial charge is 0.379 e. The van der Waals surface area contributed by atoms with Crippen molar-refractivity contribution in [3.05, 3.63) is 25.3 Å². The minimum absolute atomic E-state index is 0. The Labute approximate surface area is 74.6 Å². The molecule has 0 heterocycles. The van der Waals surface area contributed by atoms with Gasteiger partial charge in [-0.3, -0.25) is 4.90 Å². The van der Waals surface area contributed by atoms with Crippen LogP contribution in [0.3, 0.4) is 0 Å². The van der Waals surface area contributed by atoms with Gasteiger partial charge in [-0.25, -0.2) is 0 Å². The van der Waals surface area contributed by atoms with Crippen LogP contribution in [-0.2, 0) is 0 Å². The second-order valence-electron chi connectivity index (χ2n) is 2.16. The fourth-order valence-corrected chi connectivity index (χ4v) is 0.711. The molecule has 2 nitrogen and oxygen atoms in total. The van der Waals surface area contributed by atoms with Crippen molar-refractivity contribution in [2.45, 2.75) is 13.2 Å². The molecule has 3 heteroatoms. The highest BCUT2D eigenvalue weighted by Gasteiger charge is 2.04. The van der Waals surface area contributed by atoms with Crippen molar-refractivity contribution in [2.75, 3.05) is 13.1 Å². The number of hydrogen-bond donors (Lipinski definition) is 1. The summed E-state index contributed by atoms with van der Waals surface area (Å²) in [6.07, 6.45) is 3.10. The van der Waals surface area contributed by atoms with E-state index < -0.39 is 6.23 Å². The molecule has 0 aromatic rings. The average Bonchev–Trinajstić information content (AvgIpc) is 1.87. The van der Waals surface area contributed by atoms with E-state index in [1.54, 1.807) is 19.1 Å². The third-order valence-electron chi connectivity index (χ3n) is 1.26. The molecule has 0 radical (unpaired) electrons. The third-order valence-corrected chi connectivity index (χ3v) is 1.26. The highest BCUT2D eigenvalue weighted by molar-refractivity contribution is 5.85. The van der Waals surface area contributed by atoms with Crippen molar-refractivity contribution < 1.29 is 5.11 Å². The molecule has 11 heavy (non-hydrogen) atoms. The molecule has 0 aliphatic carbocycles. The minimum atomic E-state index is -0.420. The summed E-state index contributed by atoms with van der Waals surface area (Å²) in [5.74, 6) is 0. The molecule has 0 amide bonds. The van der Waals surface area contributed by atoms with Gasteiger partial charge in [0, 0.05) is 13.1 Å². The molecule has 1 N–H and O–H groups in total. The van der Waals surface area contributed by atoms with Gasteiger partial charge in [-0.1, -0.05) is 12.2 Å². The summed E-state index contributed by atoms with van der Waals surface area (Å²) in [6.45, 7) is 10.3. The third kappa shape index (κ3) is 6.10. The molecular weight excluding hydrogens is 162 g/mol. The number of nitrogens with zero attached hydrogens (tertiary/aromatic N) is 1. The lowest BCUT2D eigenvalue weighted by Crippen LogP contribution is -2.32. The maximum Gasteiger partial charge on any atom is 0.105 e. The minimum Gasteiger partial charge on any atom is -0.379 e. The number of hydrogen-bond acceptors (Lipinski definition) is 2. The lowest BCUT2D eigenvalue weighted by Gasteiger charge is -2.21. The predicted molar refractivity (Wildman–Crippen MR) is 50.9 cm³/mol. The number of aliphatic hydroxyl groups excluding tert-OH is 1. The van der Waals surface area contributed by atoms with E-state index in [4.69, 9.17) is 5.11 Å². The van der Waals surface area contributed by atoms with Crippen molar-refractivity contribution in [1.29, 1.82) is 0 Å². The smallest absolute Gasteiger partial charge is 0.105 e. The van der Waals surface area contributed by atoms with Crippen molar-refractivity contribution in [3.63, 3.8) is 0 Å². The first-order valence-corrected chi connectivity index (χ1v) is 3.36. The van der Waals surface area contributed by atoms with Crippen LogP contribution in [0.5, 0.6) is 0 Å². The van der Waals surface area contributed by atoms with E-state index in [-0.39, 0.29) is 12.4 Å². The van der Waals surface area contributed by atoms with Crippen LogP contribution >= 0.6 is 12.4 Å². The molecule has 66 valence electrons. The molecular formula is C8H16ClNO. The maximum absolute atomic E-state index is 9.10. The van der Waals surface area contributed by atoms with Gasteiger partial charge in [0.1, 0.15) is 6.23 Å². The van der Waals surface area contributed by atoms with E-state index in [0.29, 0.717) is 13.1 Å². The topological polar surface area (TPSA) is 23.5 Å². The molecule has 1 unspecified atom stereocenters. The van der Waals surface area contributed by atoms with Crippen LogP contribution in [0, 0.1) is 0 Å². The summed E-state index contributed by atoms with van der Waals surface area (Å²) in [5, 5.41) is 9.10. The highest BCUT2D eigenvalue weighted by atomic mass is 35.5. The van der Waals surface area contributed by atoms with Gasteiger partial charge in [-0.05, 0) is 6.92 Å². The van der Waals surface area contributed by atoms with Crippen molar-refractivity contribution in [3.8, 4) is 0 Å². The Bertz CT molecular complexity index is 105. The summed E-state index contributed by atoms with van der Waals surface area (Å²) in [5.41, 5.74) is 0. The Morgan fingerprint density at radius 3 is 1.91 bits per heavy atom. The SMILES string of the molecule is C=CCN(CC=C)C(C)O.Cl. The van der Waals surface area contributed by atoms with Gasteiger partial charge < -0.3 is 5.11 Å². The van der Waals surface area contributed by atoms with E-state index in [1.807, 2.05) is 4.90 Å². The summed E-state index contributed by atoms with van der Waals surface area (Å²) in [6, 6.07) is 0. The monoisotopic (exact) mass is 177 g/mol. The van der Waals surface area contributed by atoms with Crippen molar-refractivity contribution in [1.82, 2.24) is 4.90 Å². The van der Waals surface area contributed by atoms with Gasteiger partial charge in [0.2, 0.25) is 0 Å². The average molecular weight is 178 g/mol. The normalized spacial score (nSPS) is 11.9. The summed E-state index contributed by atoms with van der Waals surface area (Å²) in [7, 11) is 0. The predicted octanol–water partition coefficient (Wildman–Crippen LogP) is 1.42. The van der Waals surface area contributed by atoms with Crippen LogP contribution in [0.25, 0.3) is 0 Å². The highest BCUT2D eigenvalue weighted by Crippen LogP contribution is 1.94. The Hall–Kier alpha value is -0.310. The van der Waals surface area contributed by atoms with E-state index in [0.717, 1.165) is 0 Å². The number of aliphatic hydroxyl groups is 1. The van der Waals surface area contributed by atoms with Gasteiger partial charge in [0.25, 0.3) is 0 Å². The van der Waals surface area contributed by atoms with E-state index in [9.17, 15) is 0 Å². The Balaban J connectivity index is 0. The molecule has 0 bridgehead atoms. The molecule has 0 aromatic heterocycles. The zero-order valence-corrected chi connectivity index (χ0v) is 7.68.